The van der Waals surface area contributed by atoms with Crippen LogP contribution in [-0.4, -0.2) is 18.9 Å². The van der Waals surface area contributed by atoms with E-state index >= 15 is 0 Å². The predicted octanol–water partition coefficient (Wildman–Crippen LogP) is 3.56. The molecular weight excluding hydrogens is 243 g/mol. The van der Waals surface area contributed by atoms with E-state index in [1.165, 1.54) is 0 Å². The van der Waals surface area contributed by atoms with Gasteiger partial charge in [0.05, 0.1) is 10.0 Å². The first kappa shape index (κ1) is 13.3. The summed E-state index contributed by atoms with van der Waals surface area (Å²) in [5.41, 5.74) is 1.10. The van der Waals surface area contributed by atoms with Gasteiger partial charge in [-0.3, -0.25) is 4.99 Å². The fourth-order valence-corrected chi connectivity index (χ4v) is 1.69. The topological polar surface area (TPSA) is 24.4 Å². The zero-order chi connectivity index (χ0) is 12.1. The number of amidine groups is 1. The van der Waals surface area contributed by atoms with Crippen LogP contribution in [0.4, 0.5) is 0 Å². The molecule has 0 aliphatic carbocycles. The van der Waals surface area contributed by atoms with E-state index in [2.05, 4.69) is 24.2 Å². The van der Waals surface area contributed by atoms with Gasteiger partial charge in [-0.05, 0) is 31.5 Å². The lowest BCUT2D eigenvalue weighted by molar-refractivity contribution is 0.724. The molecule has 0 aliphatic heterocycles. The first-order chi connectivity index (χ1) is 7.52. The highest BCUT2D eigenvalue weighted by atomic mass is 35.5. The normalized spacial score (nSPS) is 12.0. The molecule has 0 radical (unpaired) electrons. The summed E-state index contributed by atoms with van der Waals surface area (Å²) in [4.78, 5) is 4.21. The number of nitrogens with zero attached hydrogens (tertiary/aromatic N) is 1. The molecule has 0 saturated carbocycles. The van der Waals surface area contributed by atoms with Crippen LogP contribution in [0.15, 0.2) is 23.2 Å². The Labute approximate surface area is 107 Å². The Morgan fingerprint density at radius 3 is 2.50 bits per heavy atom. The second kappa shape index (κ2) is 6.12. The Hall–Kier alpha value is -0.730. The molecule has 1 aromatic carbocycles. The SMILES string of the molecule is CN=C(Cc1ccc(Cl)c(Cl)c1)NC(C)C. The molecule has 0 bridgehead atoms. The fourth-order valence-electron chi connectivity index (χ4n) is 1.37. The number of rotatable bonds is 3. The molecule has 0 saturated heterocycles. The van der Waals surface area contributed by atoms with Gasteiger partial charge < -0.3 is 5.32 Å². The summed E-state index contributed by atoms with van der Waals surface area (Å²) in [7, 11) is 1.78. The maximum absolute atomic E-state index is 5.95. The summed E-state index contributed by atoms with van der Waals surface area (Å²) < 4.78 is 0. The van der Waals surface area contributed by atoms with Crippen molar-refractivity contribution in [3.8, 4) is 0 Å². The van der Waals surface area contributed by atoms with Crippen molar-refractivity contribution in [2.24, 2.45) is 4.99 Å². The monoisotopic (exact) mass is 258 g/mol. The molecule has 16 heavy (non-hydrogen) atoms. The van der Waals surface area contributed by atoms with Crippen LogP contribution in [0.1, 0.15) is 19.4 Å². The quantitative estimate of drug-likeness (QED) is 0.651. The van der Waals surface area contributed by atoms with Gasteiger partial charge in [-0.1, -0.05) is 29.3 Å². The first-order valence-electron chi connectivity index (χ1n) is 5.19. The molecule has 0 spiro atoms. The minimum atomic E-state index is 0.376. The van der Waals surface area contributed by atoms with E-state index < -0.39 is 0 Å². The average molecular weight is 259 g/mol. The standard InChI is InChI=1S/C12H16Cl2N2/c1-8(2)16-12(15-3)7-9-4-5-10(13)11(14)6-9/h4-6,8H,7H2,1-3H3,(H,15,16). The molecule has 2 nitrogen and oxygen atoms in total. The maximum atomic E-state index is 5.95. The van der Waals surface area contributed by atoms with Crippen LogP contribution in [0.3, 0.4) is 0 Å². The van der Waals surface area contributed by atoms with Gasteiger partial charge >= 0.3 is 0 Å². The molecule has 0 aliphatic rings. The third-order valence-electron chi connectivity index (χ3n) is 2.08. The number of benzene rings is 1. The van der Waals surface area contributed by atoms with Crippen molar-refractivity contribution in [1.82, 2.24) is 5.32 Å². The third-order valence-corrected chi connectivity index (χ3v) is 2.82. The van der Waals surface area contributed by atoms with Crippen molar-refractivity contribution in [1.29, 1.82) is 0 Å². The summed E-state index contributed by atoms with van der Waals surface area (Å²) in [6.45, 7) is 4.17. The molecule has 0 atom stereocenters. The van der Waals surface area contributed by atoms with Gasteiger partial charge in [0.15, 0.2) is 0 Å². The van der Waals surface area contributed by atoms with E-state index in [0.717, 1.165) is 17.8 Å². The number of nitrogens with one attached hydrogen (secondary N) is 1. The van der Waals surface area contributed by atoms with Crippen molar-refractivity contribution in [2.45, 2.75) is 26.3 Å². The molecule has 88 valence electrons. The van der Waals surface area contributed by atoms with Crippen molar-refractivity contribution in [3.05, 3.63) is 33.8 Å². The van der Waals surface area contributed by atoms with E-state index in [1.807, 2.05) is 18.2 Å². The van der Waals surface area contributed by atoms with Gasteiger partial charge in [0.25, 0.3) is 0 Å². The summed E-state index contributed by atoms with van der Waals surface area (Å²) in [5, 5.41) is 4.45. The molecule has 0 amide bonds. The van der Waals surface area contributed by atoms with Crippen LogP contribution in [-0.2, 0) is 6.42 Å². The maximum Gasteiger partial charge on any atom is 0.101 e. The molecule has 0 fully saturated rings. The Morgan fingerprint density at radius 2 is 2.00 bits per heavy atom. The van der Waals surface area contributed by atoms with Gasteiger partial charge in [-0.2, -0.15) is 0 Å². The molecular formula is C12H16Cl2N2. The first-order valence-corrected chi connectivity index (χ1v) is 5.94. The number of hydrogen-bond donors (Lipinski definition) is 1. The summed E-state index contributed by atoms with van der Waals surface area (Å²) in [6, 6.07) is 6.02. The highest BCUT2D eigenvalue weighted by Gasteiger charge is 2.04. The van der Waals surface area contributed by atoms with E-state index in [1.54, 1.807) is 7.05 Å². The summed E-state index contributed by atoms with van der Waals surface area (Å²) >= 11 is 11.8. The average Bonchev–Trinajstić information content (AvgIpc) is 2.22. The fraction of sp³-hybridized carbons (Fsp3) is 0.417. The van der Waals surface area contributed by atoms with Crippen LogP contribution in [0.5, 0.6) is 0 Å². The van der Waals surface area contributed by atoms with Crippen LogP contribution < -0.4 is 5.32 Å². The van der Waals surface area contributed by atoms with Crippen molar-refractivity contribution in [2.75, 3.05) is 7.05 Å². The zero-order valence-electron chi connectivity index (χ0n) is 9.72. The largest absolute Gasteiger partial charge is 0.371 e. The van der Waals surface area contributed by atoms with Gasteiger partial charge in [0.1, 0.15) is 5.84 Å². The Bertz CT molecular complexity index is 387. The molecule has 0 heterocycles. The second-order valence-electron chi connectivity index (χ2n) is 3.89. The lowest BCUT2D eigenvalue weighted by Gasteiger charge is -2.12. The van der Waals surface area contributed by atoms with E-state index in [9.17, 15) is 0 Å². The highest BCUT2D eigenvalue weighted by Crippen LogP contribution is 2.22. The van der Waals surface area contributed by atoms with E-state index in [4.69, 9.17) is 23.2 Å². The van der Waals surface area contributed by atoms with Crippen molar-refractivity contribution < 1.29 is 0 Å². The predicted molar refractivity (Wildman–Crippen MR) is 71.8 cm³/mol. The minimum Gasteiger partial charge on any atom is -0.371 e. The molecule has 1 aromatic rings. The molecule has 0 unspecified atom stereocenters. The lowest BCUT2D eigenvalue weighted by atomic mass is 10.1. The molecule has 0 aromatic heterocycles. The van der Waals surface area contributed by atoms with Gasteiger partial charge in [0.2, 0.25) is 0 Å². The molecule has 1 rings (SSSR count). The van der Waals surface area contributed by atoms with Gasteiger partial charge in [-0.25, -0.2) is 0 Å². The minimum absolute atomic E-state index is 0.376. The lowest BCUT2D eigenvalue weighted by Crippen LogP contribution is -2.31. The van der Waals surface area contributed by atoms with E-state index in [-0.39, 0.29) is 0 Å². The van der Waals surface area contributed by atoms with Crippen molar-refractivity contribution >= 4 is 29.0 Å². The van der Waals surface area contributed by atoms with Crippen molar-refractivity contribution in [3.63, 3.8) is 0 Å². The van der Waals surface area contributed by atoms with Gasteiger partial charge in [0, 0.05) is 19.5 Å². The Morgan fingerprint density at radius 1 is 1.31 bits per heavy atom. The van der Waals surface area contributed by atoms with Crippen LogP contribution >= 0.6 is 23.2 Å². The van der Waals surface area contributed by atoms with Crippen LogP contribution in [0.25, 0.3) is 0 Å². The number of halogens is 2. The number of hydrogen-bond acceptors (Lipinski definition) is 1. The highest BCUT2D eigenvalue weighted by molar-refractivity contribution is 6.42. The number of aliphatic imine (C=N–C) groups is 1. The molecule has 4 heteroatoms. The van der Waals surface area contributed by atoms with Gasteiger partial charge in [-0.15, -0.1) is 0 Å². The molecule has 1 N–H and O–H groups in total. The second-order valence-corrected chi connectivity index (χ2v) is 4.71. The third kappa shape index (κ3) is 4.03. The smallest absolute Gasteiger partial charge is 0.101 e. The van der Waals surface area contributed by atoms with E-state index in [0.29, 0.717) is 16.1 Å². The van der Waals surface area contributed by atoms with Crippen LogP contribution in [0.2, 0.25) is 10.0 Å². The summed E-state index contributed by atoms with van der Waals surface area (Å²) in [6.07, 6.45) is 0.742. The Balaban J connectivity index is 2.75. The summed E-state index contributed by atoms with van der Waals surface area (Å²) in [5.74, 6) is 0.952. The zero-order valence-corrected chi connectivity index (χ0v) is 11.2. The van der Waals surface area contributed by atoms with Crippen LogP contribution in [0, 0.1) is 0 Å². The Kier molecular flexibility index (Phi) is 5.10.